The highest BCUT2D eigenvalue weighted by Gasteiger charge is 2.22. The second-order valence-electron chi connectivity index (χ2n) is 6.91. The molecule has 2 aromatic heterocycles. The number of aromatic nitrogens is 5. The molecule has 152 valence electrons. The van der Waals surface area contributed by atoms with Crippen LogP contribution in [0, 0.1) is 0 Å². The van der Waals surface area contributed by atoms with Gasteiger partial charge >= 0.3 is 0 Å². The average Bonchev–Trinajstić information content (AvgIpc) is 2.80. The van der Waals surface area contributed by atoms with Gasteiger partial charge in [0.25, 0.3) is 0 Å². The number of nitrogens with one attached hydrogen (secondary N) is 2. The minimum absolute atomic E-state index is 0.0553. The summed E-state index contributed by atoms with van der Waals surface area (Å²) in [6, 6.07) is 9.61. The SMILES string of the molecule is C=CC(=O)N1CCCC(Nc2nncc(Nc3ccc(-c4ncccn4)cc3)n2)C1. The minimum atomic E-state index is -0.0553. The zero-order valence-corrected chi connectivity index (χ0v) is 16.4. The summed E-state index contributed by atoms with van der Waals surface area (Å²) in [6.07, 6.45) is 8.20. The molecule has 0 saturated carbocycles. The van der Waals surface area contributed by atoms with Gasteiger partial charge in [-0.05, 0) is 49.2 Å². The first-order chi connectivity index (χ1) is 14.7. The molecular weight excluding hydrogens is 380 g/mol. The first kappa shape index (κ1) is 19.4. The summed E-state index contributed by atoms with van der Waals surface area (Å²) in [7, 11) is 0. The van der Waals surface area contributed by atoms with Gasteiger partial charge in [-0.2, -0.15) is 10.1 Å². The van der Waals surface area contributed by atoms with Crippen molar-refractivity contribution in [2.24, 2.45) is 0 Å². The fraction of sp³-hybridized carbons (Fsp3) is 0.238. The van der Waals surface area contributed by atoms with E-state index in [0.717, 1.165) is 30.6 Å². The smallest absolute Gasteiger partial charge is 0.246 e. The van der Waals surface area contributed by atoms with Gasteiger partial charge in [-0.3, -0.25) is 4.79 Å². The number of anilines is 3. The summed E-state index contributed by atoms with van der Waals surface area (Å²) in [5, 5.41) is 14.6. The number of carbonyl (C=O) groups is 1. The molecular formula is C21H22N8O. The topological polar surface area (TPSA) is 109 Å². The van der Waals surface area contributed by atoms with Crippen molar-refractivity contribution in [2.75, 3.05) is 23.7 Å². The highest BCUT2D eigenvalue weighted by atomic mass is 16.2. The van der Waals surface area contributed by atoms with Crippen LogP contribution in [0.15, 0.2) is 61.6 Å². The van der Waals surface area contributed by atoms with Crippen LogP contribution in [0.1, 0.15) is 12.8 Å². The predicted molar refractivity (Wildman–Crippen MR) is 114 cm³/mol. The third-order valence-electron chi connectivity index (χ3n) is 4.78. The second-order valence-corrected chi connectivity index (χ2v) is 6.91. The van der Waals surface area contributed by atoms with Gasteiger partial charge in [-0.25, -0.2) is 9.97 Å². The molecule has 3 aromatic rings. The quantitative estimate of drug-likeness (QED) is 0.606. The molecule has 1 aliphatic rings. The van der Waals surface area contributed by atoms with Crippen LogP contribution in [0.4, 0.5) is 17.5 Å². The largest absolute Gasteiger partial charge is 0.348 e. The lowest BCUT2D eigenvalue weighted by Gasteiger charge is -2.32. The molecule has 1 saturated heterocycles. The van der Waals surface area contributed by atoms with Crippen LogP contribution in [0.25, 0.3) is 11.4 Å². The van der Waals surface area contributed by atoms with Gasteiger partial charge < -0.3 is 15.5 Å². The molecule has 3 heterocycles. The Morgan fingerprint density at radius 3 is 2.77 bits per heavy atom. The Kier molecular flexibility index (Phi) is 5.88. The standard InChI is InChI=1S/C21H22N8O/c1-2-19(30)29-12-3-5-17(14-29)26-21-27-18(13-24-28-21)25-16-8-6-15(7-9-16)20-22-10-4-11-23-20/h2,4,6-11,13,17H,1,3,5,12,14H2,(H2,25,26,27,28). The Morgan fingerprint density at radius 1 is 1.20 bits per heavy atom. The first-order valence-electron chi connectivity index (χ1n) is 9.73. The number of rotatable bonds is 6. The highest BCUT2D eigenvalue weighted by molar-refractivity contribution is 5.87. The Morgan fingerprint density at radius 2 is 2.00 bits per heavy atom. The zero-order valence-electron chi connectivity index (χ0n) is 16.4. The van der Waals surface area contributed by atoms with Gasteiger partial charge in [0.1, 0.15) is 0 Å². The molecule has 0 aliphatic carbocycles. The maximum Gasteiger partial charge on any atom is 0.246 e. The van der Waals surface area contributed by atoms with Crippen molar-refractivity contribution in [2.45, 2.75) is 18.9 Å². The summed E-state index contributed by atoms with van der Waals surface area (Å²) >= 11 is 0. The van der Waals surface area contributed by atoms with Crippen LogP contribution in [0.5, 0.6) is 0 Å². The van der Waals surface area contributed by atoms with E-state index in [1.165, 1.54) is 6.08 Å². The van der Waals surface area contributed by atoms with Crippen molar-refractivity contribution >= 4 is 23.4 Å². The molecule has 9 nitrogen and oxygen atoms in total. The number of hydrogen-bond donors (Lipinski definition) is 2. The zero-order chi connectivity index (χ0) is 20.8. The molecule has 9 heteroatoms. The Hall–Kier alpha value is -3.88. The maximum absolute atomic E-state index is 11.9. The molecule has 1 aliphatic heterocycles. The van der Waals surface area contributed by atoms with E-state index in [0.29, 0.717) is 24.1 Å². The minimum Gasteiger partial charge on any atom is -0.348 e. The summed E-state index contributed by atoms with van der Waals surface area (Å²) in [5.41, 5.74) is 1.79. The monoisotopic (exact) mass is 402 g/mol. The van der Waals surface area contributed by atoms with Crippen LogP contribution in [-0.2, 0) is 4.79 Å². The molecule has 4 rings (SSSR count). The summed E-state index contributed by atoms with van der Waals surface area (Å²) < 4.78 is 0. The fourth-order valence-corrected chi connectivity index (χ4v) is 3.33. The Bertz CT molecular complexity index is 1010. The van der Waals surface area contributed by atoms with E-state index in [1.807, 2.05) is 24.3 Å². The van der Waals surface area contributed by atoms with E-state index in [1.54, 1.807) is 29.6 Å². The molecule has 1 aromatic carbocycles. The van der Waals surface area contributed by atoms with E-state index >= 15 is 0 Å². The van der Waals surface area contributed by atoms with Crippen LogP contribution >= 0.6 is 0 Å². The van der Waals surface area contributed by atoms with Crippen LogP contribution < -0.4 is 10.6 Å². The molecule has 1 fully saturated rings. The molecule has 1 unspecified atom stereocenters. The second kappa shape index (κ2) is 9.08. The van der Waals surface area contributed by atoms with Crippen molar-refractivity contribution in [1.29, 1.82) is 0 Å². The summed E-state index contributed by atoms with van der Waals surface area (Å²) in [6.45, 7) is 4.89. The number of likely N-dealkylation sites (tertiary alicyclic amines) is 1. The lowest BCUT2D eigenvalue weighted by molar-refractivity contribution is -0.127. The van der Waals surface area contributed by atoms with Crippen molar-refractivity contribution in [1.82, 2.24) is 30.0 Å². The first-order valence-corrected chi connectivity index (χ1v) is 9.73. The van der Waals surface area contributed by atoms with Crippen LogP contribution in [0.2, 0.25) is 0 Å². The molecule has 0 spiro atoms. The summed E-state index contributed by atoms with van der Waals surface area (Å²) in [4.78, 5) is 26.6. The molecule has 30 heavy (non-hydrogen) atoms. The lowest BCUT2D eigenvalue weighted by Crippen LogP contribution is -2.44. The fourth-order valence-electron chi connectivity index (χ4n) is 3.33. The Labute approximate surface area is 174 Å². The van der Waals surface area contributed by atoms with E-state index in [9.17, 15) is 4.79 Å². The van der Waals surface area contributed by atoms with Crippen LogP contribution in [-0.4, -0.2) is 55.1 Å². The van der Waals surface area contributed by atoms with Crippen molar-refractivity contribution in [3.05, 3.63) is 61.6 Å². The van der Waals surface area contributed by atoms with E-state index in [2.05, 4.69) is 42.4 Å². The molecule has 1 atom stereocenters. The number of nitrogens with zero attached hydrogens (tertiary/aromatic N) is 6. The number of piperidine rings is 1. The van der Waals surface area contributed by atoms with Gasteiger partial charge in [0.2, 0.25) is 11.9 Å². The maximum atomic E-state index is 11.9. The molecule has 0 radical (unpaired) electrons. The van der Waals surface area contributed by atoms with Gasteiger partial charge in [0.05, 0.1) is 6.20 Å². The van der Waals surface area contributed by atoms with Gasteiger partial charge in [0.15, 0.2) is 11.6 Å². The van der Waals surface area contributed by atoms with Gasteiger partial charge in [0, 0.05) is 42.8 Å². The third kappa shape index (κ3) is 4.75. The lowest BCUT2D eigenvalue weighted by atomic mass is 10.1. The van der Waals surface area contributed by atoms with E-state index in [-0.39, 0.29) is 11.9 Å². The average molecular weight is 402 g/mol. The van der Waals surface area contributed by atoms with Gasteiger partial charge in [-0.1, -0.05) is 6.58 Å². The van der Waals surface area contributed by atoms with Crippen molar-refractivity contribution in [3.63, 3.8) is 0 Å². The number of carbonyl (C=O) groups excluding carboxylic acids is 1. The number of benzene rings is 1. The third-order valence-corrected chi connectivity index (χ3v) is 4.78. The van der Waals surface area contributed by atoms with Crippen LogP contribution in [0.3, 0.4) is 0 Å². The normalized spacial score (nSPS) is 16.0. The highest BCUT2D eigenvalue weighted by Crippen LogP contribution is 2.20. The van der Waals surface area contributed by atoms with E-state index < -0.39 is 0 Å². The summed E-state index contributed by atoms with van der Waals surface area (Å²) in [5.74, 6) is 1.62. The van der Waals surface area contributed by atoms with Crippen molar-refractivity contribution in [3.8, 4) is 11.4 Å². The van der Waals surface area contributed by atoms with E-state index in [4.69, 9.17) is 0 Å². The molecule has 1 amide bonds. The van der Waals surface area contributed by atoms with Crippen molar-refractivity contribution < 1.29 is 4.79 Å². The molecule has 0 bridgehead atoms. The number of amides is 1. The predicted octanol–water partition coefficient (Wildman–Crippen LogP) is 2.66. The molecule has 2 N–H and O–H groups in total. The Balaban J connectivity index is 1.40. The van der Waals surface area contributed by atoms with Gasteiger partial charge in [-0.15, -0.1) is 5.10 Å². The number of hydrogen-bond acceptors (Lipinski definition) is 8.